The lowest BCUT2D eigenvalue weighted by atomic mass is 10.1. The van der Waals surface area contributed by atoms with Crippen molar-refractivity contribution in [1.82, 2.24) is 24.6 Å². The Balaban J connectivity index is 1.33. The van der Waals surface area contributed by atoms with Gasteiger partial charge >= 0.3 is 0 Å². The number of aryl methyl sites for hydroxylation is 1. The minimum Gasteiger partial charge on any atom is -0.361 e. The van der Waals surface area contributed by atoms with Crippen LogP contribution in [0.3, 0.4) is 0 Å². The molecule has 3 aromatic rings. The molecule has 1 amide bonds. The van der Waals surface area contributed by atoms with E-state index in [9.17, 15) is 4.79 Å². The zero-order valence-electron chi connectivity index (χ0n) is 17.0. The highest BCUT2D eigenvalue weighted by Gasteiger charge is 2.34. The van der Waals surface area contributed by atoms with Gasteiger partial charge < -0.3 is 15.1 Å². The number of rotatable bonds is 4. The van der Waals surface area contributed by atoms with Gasteiger partial charge in [0.2, 0.25) is 5.95 Å². The van der Waals surface area contributed by atoms with Gasteiger partial charge in [-0.2, -0.15) is 5.10 Å². The molecule has 0 unspecified atom stereocenters. The minimum atomic E-state index is 0.0583. The molecule has 30 heavy (non-hydrogen) atoms. The van der Waals surface area contributed by atoms with Gasteiger partial charge in [0, 0.05) is 38.6 Å². The minimum absolute atomic E-state index is 0.0583. The molecule has 1 fully saturated rings. The molecular formula is C22H25N7O. The third kappa shape index (κ3) is 3.28. The number of fused-ring (bicyclic) bond motifs is 1. The van der Waals surface area contributed by atoms with Crippen LogP contribution in [-0.2, 0) is 13.0 Å². The van der Waals surface area contributed by atoms with Crippen LogP contribution in [0.4, 0.5) is 11.8 Å². The van der Waals surface area contributed by atoms with E-state index in [1.807, 2.05) is 40.8 Å². The molecule has 0 radical (unpaired) electrons. The molecule has 0 spiro atoms. The summed E-state index contributed by atoms with van der Waals surface area (Å²) in [5.41, 5.74) is 2.79. The van der Waals surface area contributed by atoms with Crippen molar-refractivity contribution in [2.24, 2.45) is 0 Å². The molecule has 8 heteroatoms. The van der Waals surface area contributed by atoms with Crippen molar-refractivity contribution in [1.29, 1.82) is 0 Å². The molecule has 1 atom stereocenters. The lowest BCUT2D eigenvalue weighted by molar-refractivity contribution is 0.0746. The van der Waals surface area contributed by atoms with Crippen molar-refractivity contribution in [2.75, 3.05) is 36.4 Å². The maximum Gasteiger partial charge on any atom is 0.259 e. The number of anilines is 2. The van der Waals surface area contributed by atoms with Gasteiger partial charge in [-0.3, -0.25) is 4.79 Å². The summed E-state index contributed by atoms with van der Waals surface area (Å²) >= 11 is 0. The average Bonchev–Trinajstić information content (AvgIpc) is 3.38. The molecular weight excluding hydrogens is 378 g/mol. The van der Waals surface area contributed by atoms with Crippen molar-refractivity contribution in [3.63, 3.8) is 0 Å². The Labute approximate surface area is 175 Å². The van der Waals surface area contributed by atoms with Gasteiger partial charge in [0.25, 0.3) is 5.91 Å². The fourth-order valence-corrected chi connectivity index (χ4v) is 4.24. The highest BCUT2D eigenvalue weighted by atomic mass is 16.2. The van der Waals surface area contributed by atoms with Crippen LogP contribution in [0, 0.1) is 0 Å². The van der Waals surface area contributed by atoms with E-state index in [0.29, 0.717) is 13.1 Å². The van der Waals surface area contributed by atoms with Gasteiger partial charge in [-0.15, -0.1) is 0 Å². The van der Waals surface area contributed by atoms with E-state index in [4.69, 9.17) is 5.10 Å². The summed E-state index contributed by atoms with van der Waals surface area (Å²) in [7, 11) is 0. The van der Waals surface area contributed by atoms with E-state index < -0.39 is 0 Å². The molecule has 154 valence electrons. The Morgan fingerprint density at radius 3 is 2.50 bits per heavy atom. The normalized spacial score (nSPS) is 18.2. The predicted molar refractivity (Wildman–Crippen MR) is 115 cm³/mol. The number of nitrogens with zero attached hydrogens (tertiary/aromatic N) is 6. The van der Waals surface area contributed by atoms with Crippen LogP contribution in [0.5, 0.6) is 0 Å². The quantitative estimate of drug-likeness (QED) is 0.721. The Hall–Kier alpha value is -3.42. The summed E-state index contributed by atoms with van der Waals surface area (Å²) in [6.07, 6.45) is 4.23. The van der Waals surface area contributed by atoms with Crippen molar-refractivity contribution in [2.45, 2.75) is 25.9 Å². The molecule has 8 nitrogen and oxygen atoms in total. The maximum absolute atomic E-state index is 13.5. The number of piperazine rings is 1. The average molecular weight is 403 g/mol. The summed E-state index contributed by atoms with van der Waals surface area (Å²) < 4.78 is 1.96. The zero-order chi connectivity index (χ0) is 20.5. The highest BCUT2D eigenvalue weighted by Crippen LogP contribution is 2.34. The van der Waals surface area contributed by atoms with E-state index in [-0.39, 0.29) is 11.9 Å². The molecule has 1 aromatic carbocycles. The summed E-state index contributed by atoms with van der Waals surface area (Å²) in [5.74, 6) is 1.63. The van der Waals surface area contributed by atoms with E-state index >= 15 is 0 Å². The molecule has 0 bridgehead atoms. The molecule has 5 rings (SSSR count). The smallest absolute Gasteiger partial charge is 0.259 e. The van der Waals surface area contributed by atoms with Gasteiger partial charge in [0.1, 0.15) is 11.4 Å². The Morgan fingerprint density at radius 1 is 1.07 bits per heavy atom. The number of carbonyl (C=O) groups is 1. The third-order valence-corrected chi connectivity index (χ3v) is 5.84. The molecule has 4 heterocycles. The van der Waals surface area contributed by atoms with Crippen LogP contribution in [0.15, 0.2) is 48.8 Å². The SMILES string of the molecule is CCc1nn2c(c1C(=O)N1CCN(c3ncccn3)CC1)N[C@H](c1ccccc1)C2. The first-order valence-electron chi connectivity index (χ1n) is 10.5. The van der Waals surface area contributed by atoms with Crippen molar-refractivity contribution in [3.05, 3.63) is 65.6 Å². The van der Waals surface area contributed by atoms with Crippen LogP contribution in [0.25, 0.3) is 0 Å². The van der Waals surface area contributed by atoms with E-state index in [0.717, 1.165) is 49.1 Å². The Morgan fingerprint density at radius 2 is 1.80 bits per heavy atom. The summed E-state index contributed by atoms with van der Waals surface area (Å²) in [4.78, 5) is 26.2. The molecule has 0 saturated carbocycles. The topological polar surface area (TPSA) is 79.2 Å². The van der Waals surface area contributed by atoms with Crippen LogP contribution in [-0.4, -0.2) is 56.7 Å². The first-order chi connectivity index (χ1) is 14.7. The Kier molecular flexibility index (Phi) is 4.82. The fourth-order valence-electron chi connectivity index (χ4n) is 4.24. The second-order valence-corrected chi connectivity index (χ2v) is 7.64. The van der Waals surface area contributed by atoms with Crippen LogP contribution < -0.4 is 10.2 Å². The first kappa shape index (κ1) is 18.6. The summed E-state index contributed by atoms with van der Waals surface area (Å²) in [5, 5.41) is 8.29. The maximum atomic E-state index is 13.5. The number of carbonyl (C=O) groups excluding carboxylic acids is 1. The fraction of sp³-hybridized carbons (Fsp3) is 0.364. The summed E-state index contributed by atoms with van der Waals surface area (Å²) in [6, 6.07) is 12.3. The highest BCUT2D eigenvalue weighted by molar-refractivity contribution is 6.00. The van der Waals surface area contributed by atoms with Gasteiger partial charge in [0.05, 0.1) is 18.3 Å². The number of hydrogen-bond acceptors (Lipinski definition) is 6. The lowest BCUT2D eigenvalue weighted by Gasteiger charge is -2.34. The Bertz CT molecular complexity index is 1030. The predicted octanol–water partition coefficient (Wildman–Crippen LogP) is 2.36. The molecule has 1 saturated heterocycles. The van der Waals surface area contributed by atoms with Crippen molar-refractivity contribution < 1.29 is 4.79 Å². The second-order valence-electron chi connectivity index (χ2n) is 7.64. The molecule has 2 aliphatic heterocycles. The zero-order valence-corrected chi connectivity index (χ0v) is 17.0. The van der Waals surface area contributed by atoms with Crippen molar-refractivity contribution in [3.8, 4) is 0 Å². The third-order valence-electron chi connectivity index (χ3n) is 5.84. The van der Waals surface area contributed by atoms with E-state index in [2.05, 4.69) is 32.3 Å². The number of nitrogens with one attached hydrogen (secondary N) is 1. The monoisotopic (exact) mass is 403 g/mol. The van der Waals surface area contributed by atoms with Crippen molar-refractivity contribution >= 4 is 17.7 Å². The van der Waals surface area contributed by atoms with Crippen LogP contribution >= 0.6 is 0 Å². The lowest BCUT2D eigenvalue weighted by Crippen LogP contribution is -2.49. The first-order valence-corrected chi connectivity index (χ1v) is 10.5. The molecule has 0 aliphatic carbocycles. The molecule has 2 aliphatic rings. The number of hydrogen-bond donors (Lipinski definition) is 1. The molecule has 2 aromatic heterocycles. The van der Waals surface area contributed by atoms with Gasteiger partial charge in [-0.05, 0) is 18.1 Å². The largest absolute Gasteiger partial charge is 0.361 e. The van der Waals surface area contributed by atoms with Crippen LogP contribution in [0.2, 0.25) is 0 Å². The number of amides is 1. The summed E-state index contributed by atoms with van der Waals surface area (Å²) in [6.45, 7) is 5.52. The van der Waals surface area contributed by atoms with Gasteiger partial charge in [0.15, 0.2) is 0 Å². The van der Waals surface area contributed by atoms with Crippen LogP contribution in [0.1, 0.15) is 34.6 Å². The number of aromatic nitrogens is 4. The standard InChI is InChI=1S/C22H25N7O/c1-2-17-19(20-25-18(15-29(20)26-17)16-7-4-3-5-8-16)21(30)27-11-13-28(14-12-27)22-23-9-6-10-24-22/h3-10,18,25H,2,11-15H2,1H3/t18-/m0/s1. The second kappa shape index (κ2) is 7.78. The van der Waals surface area contributed by atoms with Gasteiger partial charge in [-0.25, -0.2) is 14.6 Å². The van der Waals surface area contributed by atoms with E-state index in [1.54, 1.807) is 12.4 Å². The van der Waals surface area contributed by atoms with Gasteiger partial charge in [-0.1, -0.05) is 37.3 Å². The number of benzene rings is 1. The molecule has 1 N–H and O–H groups in total. The van der Waals surface area contributed by atoms with E-state index in [1.165, 1.54) is 5.56 Å².